The number of amides is 3. The number of rotatable bonds is 4. The number of anilines is 1. The van der Waals surface area contributed by atoms with E-state index in [1.165, 1.54) is 21.9 Å². The molecular formula is C19H22FN5O3. The lowest BCUT2D eigenvalue weighted by atomic mass is 10.1. The molecule has 2 unspecified atom stereocenters. The minimum absolute atomic E-state index is 0.100. The topological polar surface area (TPSA) is 79.7 Å². The number of aliphatic imine (C=N–C) groups is 1. The highest BCUT2D eigenvalue weighted by molar-refractivity contribution is 6.10. The molecule has 0 spiro atoms. The molecule has 0 saturated carbocycles. The first-order valence-electron chi connectivity index (χ1n) is 9.16. The van der Waals surface area contributed by atoms with Crippen LogP contribution in [0.1, 0.15) is 20.3 Å². The van der Waals surface area contributed by atoms with Gasteiger partial charge in [-0.2, -0.15) is 0 Å². The van der Waals surface area contributed by atoms with Gasteiger partial charge in [0.2, 0.25) is 5.96 Å². The van der Waals surface area contributed by atoms with Crippen molar-refractivity contribution >= 4 is 23.6 Å². The molecule has 28 heavy (non-hydrogen) atoms. The van der Waals surface area contributed by atoms with Gasteiger partial charge in [-0.3, -0.25) is 19.5 Å². The second-order valence-electron chi connectivity index (χ2n) is 7.10. The minimum atomic E-state index is -0.656. The zero-order valence-corrected chi connectivity index (χ0v) is 16.0. The van der Waals surface area contributed by atoms with E-state index >= 15 is 0 Å². The van der Waals surface area contributed by atoms with Crippen LogP contribution in [0.25, 0.3) is 0 Å². The van der Waals surface area contributed by atoms with E-state index in [0.717, 1.165) is 17.1 Å². The molecule has 1 aromatic rings. The second-order valence-corrected chi connectivity index (χ2v) is 7.10. The van der Waals surface area contributed by atoms with Crippen molar-refractivity contribution in [2.24, 2.45) is 4.99 Å². The Morgan fingerprint density at radius 2 is 1.82 bits per heavy atom. The van der Waals surface area contributed by atoms with Gasteiger partial charge in [-0.1, -0.05) is 0 Å². The number of fused-ring (bicyclic) bond motifs is 3. The van der Waals surface area contributed by atoms with E-state index in [0.29, 0.717) is 12.4 Å². The van der Waals surface area contributed by atoms with Crippen molar-refractivity contribution in [1.29, 1.82) is 0 Å². The van der Waals surface area contributed by atoms with Gasteiger partial charge < -0.3 is 10.0 Å². The summed E-state index contributed by atoms with van der Waals surface area (Å²) in [5.74, 6) is -0.109. The molecular weight excluding hydrogens is 365 g/mol. The number of benzene rings is 1. The Balaban J connectivity index is 1.73. The number of allylic oxidation sites excluding steroid dienone is 2. The zero-order valence-electron chi connectivity index (χ0n) is 16.0. The Kier molecular flexibility index (Phi) is 4.34. The SMILES string of the molecule is CC1=C(C)N2C(=NC3C2C(=O)N(CCCO)C(=O)N3C)N1c1ccc(F)cc1. The summed E-state index contributed by atoms with van der Waals surface area (Å²) in [6.07, 6.45) is -0.308. The van der Waals surface area contributed by atoms with Crippen LogP contribution < -0.4 is 4.90 Å². The number of imide groups is 1. The number of aliphatic hydroxyl groups excluding tert-OH is 1. The summed E-state index contributed by atoms with van der Waals surface area (Å²) in [5.41, 5.74) is 2.48. The fraction of sp³-hybridized carbons (Fsp3) is 0.421. The van der Waals surface area contributed by atoms with Crippen LogP contribution in [0.3, 0.4) is 0 Å². The van der Waals surface area contributed by atoms with E-state index in [4.69, 9.17) is 10.1 Å². The molecule has 0 bridgehead atoms. The van der Waals surface area contributed by atoms with E-state index in [2.05, 4.69) is 0 Å². The maximum Gasteiger partial charge on any atom is 0.328 e. The maximum absolute atomic E-state index is 13.4. The van der Waals surface area contributed by atoms with Crippen LogP contribution in [0.5, 0.6) is 0 Å². The molecule has 1 aromatic carbocycles. The van der Waals surface area contributed by atoms with Crippen LogP contribution in [-0.4, -0.2) is 70.1 Å². The number of urea groups is 1. The van der Waals surface area contributed by atoms with E-state index < -0.39 is 18.2 Å². The molecule has 1 saturated heterocycles. The van der Waals surface area contributed by atoms with Crippen molar-refractivity contribution in [3.63, 3.8) is 0 Å². The predicted molar refractivity (Wildman–Crippen MR) is 101 cm³/mol. The van der Waals surface area contributed by atoms with Crippen LogP contribution in [0.4, 0.5) is 14.9 Å². The third-order valence-corrected chi connectivity index (χ3v) is 5.52. The summed E-state index contributed by atoms with van der Waals surface area (Å²) in [6, 6.07) is 4.99. The molecule has 0 aromatic heterocycles. The first-order valence-corrected chi connectivity index (χ1v) is 9.16. The minimum Gasteiger partial charge on any atom is -0.396 e. The predicted octanol–water partition coefficient (Wildman–Crippen LogP) is 1.54. The lowest BCUT2D eigenvalue weighted by Crippen LogP contribution is -2.64. The van der Waals surface area contributed by atoms with Crippen LogP contribution in [0, 0.1) is 5.82 Å². The number of likely N-dealkylation sites (N-methyl/N-ethyl adjacent to an activating group) is 1. The Labute approximate surface area is 162 Å². The van der Waals surface area contributed by atoms with Gasteiger partial charge in [0.15, 0.2) is 12.2 Å². The van der Waals surface area contributed by atoms with Crippen molar-refractivity contribution < 1.29 is 19.1 Å². The quantitative estimate of drug-likeness (QED) is 0.848. The lowest BCUT2D eigenvalue weighted by molar-refractivity contribution is -0.136. The number of carbonyl (C=O) groups excluding carboxylic acids is 2. The highest BCUT2D eigenvalue weighted by Gasteiger charge is 2.55. The summed E-state index contributed by atoms with van der Waals surface area (Å²) in [7, 11) is 1.62. The van der Waals surface area contributed by atoms with Crippen molar-refractivity contribution in [1.82, 2.24) is 14.7 Å². The largest absolute Gasteiger partial charge is 0.396 e. The van der Waals surface area contributed by atoms with Gasteiger partial charge >= 0.3 is 6.03 Å². The number of nitrogens with zero attached hydrogens (tertiary/aromatic N) is 5. The third-order valence-electron chi connectivity index (χ3n) is 5.52. The highest BCUT2D eigenvalue weighted by Crippen LogP contribution is 2.39. The third kappa shape index (κ3) is 2.50. The molecule has 8 nitrogen and oxygen atoms in total. The molecule has 1 fully saturated rings. The molecule has 4 rings (SSSR count). The van der Waals surface area contributed by atoms with Gasteiger partial charge in [0.1, 0.15) is 5.82 Å². The second kappa shape index (κ2) is 6.59. The first-order chi connectivity index (χ1) is 13.4. The van der Waals surface area contributed by atoms with Crippen LogP contribution in [0.15, 0.2) is 40.7 Å². The van der Waals surface area contributed by atoms with Gasteiger partial charge in [0.05, 0.1) is 0 Å². The van der Waals surface area contributed by atoms with Crippen molar-refractivity contribution in [3.8, 4) is 0 Å². The molecule has 2 atom stereocenters. The molecule has 3 heterocycles. The number of hydrogen-bond donors (Lipinski definition) is 1. The summed E-state index contributed by atoms with van der Waals surface area (Å²) in [4.78, 5) is 36.8. The number of guanidine groups is 1. The number of halogens is 1. The Morgan fingerprint density at radius 3 is 2.46 bits per heavy atom. The molecule has 0 radical (unpaired) electrons. The number of aliphatic hydroxyl groups is 1. The fourth-order valence-corrected chi connectivity index (χ4v) is 3.95. The van der Waals surface area contributed by atoms with Crippen molar-refractivity contribution in [3.05, 3.63) is 41.5 Å². The summed E-state index contributed by atoms with van der Waals surface area (Å²) in [5, 5.41) is 9.09. The molecule has 148 valence electrons. The van der Waals surface area contributed by atoms with E-state index in [1.807, 2.05) is 23.6 Å². The van der Waals surface area contributed by atoms with Crippen molar-refractivity contribution in [2.45, 2.75) is 32.5 Å². The summed E-state index contributed by atoms with van der Waals surface area (Å²) < 4.78 is 13.4. The standard InChI is InChI=1S/C19H22FN5O3/c1-11-12(2)25-15-16(22(3)19(28)23(17(15)27)9-4-10-26)21-18(25)24(11)14-7-5-13(20)6-8-14/h5-8,15-16,26H,4,9-10H2,1-3H3. The van der Waals surface area contributed by atoms with E-state index in [9.17, 15) is 14.0 Å². The number of hydrogen-bond acceptors (Lipinski definition) is 6. The molecule has 9 heteroatoms. The van der Waals surface area contributed by atoms with Crippen LogP contribution >= 0.6 is 0 Å². The van der Waals surface area contributed by atoms with Crippen molar-refractivity contribution in [2.75, 3.05) is 25.1 Å². The summed E-state index contributed by atoms with van der Waals surface area (Å²) >= 11 is 0. The molecule has 1 N–H and O–H groups in total. The summed E-state index contributed by atoms with van der Waals surface area (Å²) in [6.45, 7) is 3.88. The van der Waals surface area contributed by atoms with Gasteiger partial charge in [-0.15, -0.1) is 0 Å². The average molecular weight is 387 g/mol. The smallest absolute Gasteiger partial charge is 0.328 e. The molecule has 3 amide bonds. The maximum atomic E-state index is 13.4. The van der Waals surface area contributed by atoms with Crippen LogP contribution in [-0.2, 0) is 4.79 Å². The first kappa shape index (κ1) is 18.4. The normalized spacial score (nSPS) is 24.2. The Bertz CT molecular complexity index is 897. The van der Waals surface area contributed by atoms with E-state index in [-0.39, 0.29) is 24.9 Å². The lowest BCUT2D eigenvalue weighted by Gasteiger charge is -2.40. The number of carbonyl (C=O) groups is 2. The van der Waals surface area contributed by atoms with Gasteiger partial charge in [-0.25, -0.2) is 14.2 Å². The van der Waals surface area contributed by atoms with Gasteiger partial charge in [0.25, 0.3) is 5.91 Å². The van der Waals surface area contributed by atoms with Crippen LogP contribution in [0.2, 0.25) is 0 Å². The molecule has 0 aliphatic carbocycles. The Hall–Kier alpha value is -2.94. The Morgan fingerprint density at radius 1 is 1.14 bits per heavy atom. The molecule has 3 aliphatic rings. The van der Waals surface area contributed by atoms with Gasteiger partial charge in [0, 0.05) is 37.3 Å². The van der Waals surface area contributed by atoms with Gasteiger partial charge in [-0.05, 0) is 44.5 Å². The fourth-order valence-electron chi connectivity index (χ4n) is 3.95. The molecule has 3 aliphatic heterocycles. The van der Waals surface area contributed by atoms with E-state index in [1.54, 1.807) is 19.2 Å². The monoisotopic (exact) mass is 387 g/mol. The highest BCUT2D eigenvalue weighted by atomic mass is 19.1. The average Bonchev–Trinajstić information content (AvgIpc) is 3.17. The zero-order chi connectivity index (χ0) is 20.2.